The Morgan fingerprint density at radius 2 is 1.87 bits per heavy atom. The second-order valence-electron chi connectivity index (χ2n) is 4.72. The van der Waals surface area contributed by atoms with E-state index in [2.05, 4.69) is 12.2 Å². The third-order valence-corrected chi connectivity index (χ3v) is 4.22. The number of ketones is 1. The summed E-state index contributed by atoms with van der Waals surface area (Å²) in [7, 11) is 0. The van der Waals surface area contributed by atoms with Gasteiger partial charge in [0, 0.05) is 17.8 Å². The van der Waals surface area contributed by atoms with Crippen LogP contribution in [0.25, 0.3) is 0 Å². The fourth-order valence-corrected chi connectivity index (χ4v) is 3.71. The predicted molar refractivity (Wildman–Crippen MR) is 51.9 cm³/mol. The highest BCUT2D eigenvalue weighted by atomic mass is 16.7. The Kier molecular flexibility index (Phi) is 1.33. The molecule has 2 bridgehead atoms. The molecule has 1 spiro atoms. The van der Waals surface area contributed by atoms with E-state index in [9.17, 15) is 4.79 Å². The molecule has 2 fully saturated rings. The quantitative estimate of drug-likeness (QED) is 0.550. The van der Waals surface area contributed by atoms with Gasteiger partial charge in [0.25, 0.3) is 0 Å². The molecule has 0 aromatic heterocycles. The number of rotatable bonds is 0. The molecule has 3 nitrogen and oxygen atoms in total. The van der Waals surface area contributed by atoms with Crippen LogP contribution >= 0.6 is 0 Å². The van der Waals surface area contributed by atoms with Crippen molar-refractivity contribution in [2.24, 2.45) is 23.7 Å². The minimum atomic E-state index is -0.490. The number of ether oxygens (including phenoxy) is 2. The number of hydrogen-bond donors (Lipinski definition) is 0. The Balaban J connectivity index is 1.83. The topological polar surface area (TPSA) is 35.5 Å². The molecule has 1 saturated carbocycles. The average Bonchev–Trinajstić information content (AvgIpc) is 2.96. The molecule has 0 radical (unpaired) electrons. The van der Waals surface area contributed by atoms with Crippen molar-refractivity contribution in [3.05, 3.63) is 24.3 Å². The molecule has 3 aliphatic carbocycles. The van der Waals surface area contributed by atoms with Gasteiger partial charge in [-0.1, -0.05) is 18.2 Å². The lowest BCUT2D eigenvalue weighted by Crippen LogP contribution is -2.38. The summed E-state index contributed by atoms with van der Waals surface area (Å²) in [6.45, 7) is 1.32. The molecule has 1 saturated heterocycles. The average molecular weight is 204 g/mol. The van der Waals surface area contributed by atoms with Gasteiger partial charge in [-0.25, -0.2) is 0 Å². The number of hydrogen-bond acceptors (Lipinski definition) is 3. The van der Waals surface area contributed by atoms with E-state index >= 15 is 0 Å². The fraction of sp³-hybridized carbons (Fsp3) is 0.583. The Hall–Kier alpha value is -0.930. The second kappa shape index (κ2) is 2.42. The molecule has 15 heavy (non-hydrogen) atoms. The van der Waals surface area contributed by atoms with Gasteiger partial charge < -0.3 is 9.47 Å². The molecule has 0 aromatic rings. The molecule has 0 unspecified atom stereocenters. The summed E-state index contributed by atoms with van der Waals surface area (Å²) in [5.41, 5.74) is 0. The van der Waals surface area contributed by atoms with Crippen LogP contribution in [0, 0.1) is 23.7 Å². The van der Waals surface area contributed by atoms with Crippen molar-refractivity contribution in [3.8, 4) is 0 Å². The van der Waals surface area contributed by atoms with Gasteiger partial charge in [-0.15, -0.1) is 0 Å². The van der Waals surface area contributed by atoms with E-state index in [1.165, 1.54) is 0 Å². The van der Waals surface area contributed by atoms with Crippen molar-refractivity contribution in [1.82, 2.24) is 0 Å². The van der Waals surface area contributed by atoms with E-state index in [-0.39, 0.29) is 23.5 Å². The number of carbonyl (C=O) groups excluding carboxylic acids is 1. The van der Waals surface area contributed by atoms with E-state index in [1.807, 2.05) is 6.08 Å². The van der Waals surface area contributed by atoms with Crippen LogP contribution in [0.4, 0.5) is 0 Å². The molecule has 1 heterocycles. The summed E-state index contributed by atoms with van der Waals surface area (Å²) in [4.78, 5) is 11.8. The summed E-state index contributed by atoms with van der Waals surface area (Å²) in [5.74, 6) is 0.532. The molecule has 0 amide bonds. The van der Waals surface area contributed by atoms with Crippen LogP contribution in [0.1, 0.15) is 0 Å². The van der Waals surface area contributed by atoms with Crippen molar-refractivity contribution >= 4 is 5.78 Å². The van der Waals surface area contributed by atoms with Gasteiger partial charge in [0.1, 0.15) is 0 Å². The van der Waals surface area contributed by atoms with Crippen LogP contribution in [0.15, 0.2) is 24.3 Å². The molecule has 0 N–H and O–H groups in total. The van der Waals surface area contributed by atoms with E-state index < -0.39 is 5.79 Å². The molecule has 4 atom stereocenters. The van der Waals surface area contributed by atoms with Crippen LogP contribution in [-0.4, -0.2) is 24.8 Å². The summed E-state index contributed by atoms with van der Waals surface area (Å²) in [6, 6.07) is 0. The zero-order valence-electron chi connectivity index (χ0n) is 8.26. The Morgan fingerprint density at radius 1 is 1.13 bits per heavy atom. The molecule has 78 valence electrons. The van der Waals surface area contributed by atoms with Gasteiger partial charge in [-0.05, 0) is 12.0 Å². The summed E-state index contributed by atoms with van der Waals surface area (Å²) < 4.78 is 11.6. The van der Waals surface area contributed by atoms with Gasteiger partial charge in [0.05, 0.1) is 13.2 Å². The minimum Gasteiger partial charge on any atom is -0.346 e. The van der Waals surface area contributed by atoms with Crippen molar-refractivity contribution < 1.29 is 14.3 Å². The number of allylic oxidation sites excluding steroid dienone is 2. The van der Waals surface area contributed by atoms with Crippen LogP contribution in [0.5, 0.6) is 0 Å². The predicted octanol–water partition coefficient (Wildman–Crippen LogP) is 0.917. The number of carbonyl (C=O) groups is 1. The third-order valence-electron chi connectivity index (χ3n) is 4.22. The van der Waals surface area contributed by atoms with Gasteiger partial charge >= 0.3 is 0 Å². The lowest BCUT2D eigenvalue weighted by Gasteiger charge is -2.28. The van der Waals surface area contributed by atoms with Gasteiger partial charge in [0.2, 0.25) is 0 Å². The Labute approximate surface area is 87.7 Å². The molecule has 1 aliphatic heterocycles. The maximum absolute atomic E-state index is 11.8. The lowest BCUT2D eigenvalue weighted by molar-refractivity contribution is -0.188. The maximum atomic E-state index is 11.8. The van der Waals surface area contributed by atoms with E-state index in [0.29, 0.717) is 19.1 Å². The zero-order chi connectivity index (χ0) is 10.0. The first kappa shape index (κ1) is 8.25. The monoisotopic (exact) mass is 204 g/mol. The zero-order valence-corrected chi connectivity index (χ0v) is 8.26. The van der Waals surface area contributed by atoms with Crippen molar-refractivity contribution in [3.63, 3.8) is 0 Å². The van der Waals surface area contributed by atoms with Crippen molar-refractivity contribution in [2.45, 2.75) is 5.79 Å². The highest BCUT2D eigenvalue weighted by molar-refractivity contribution is 5.96. The van der Waals surface area contributed by atoms with E-state index in [1.54, 1.807) is 6.08 Å². The van der Waals surface area contributed by atoms with Crippen molar-refractivity contribution in [2.75, 3.05) is 13.2 Å². The molecular weight excluding hydrogens is 192 g/mol. The molecule has 3 heteroatoms. The lowest BCUT2D eigenvalue weighted by atomic mass is 9.85. The highest BCUT2D eigenvalue weighted by Gasteiger charge is 2.66. The Morgan fingerprint density at radius 3 is 2.60 bits per heavy atom. The minimum absolute atomic E-state index is 0.0816. The van der Waals surface area contributed by atoms with Gasteiger partial charge in [-0.3, -0.25) is 4.79 Å². The van der Waals surface area contributed by atoms with Crippen LogP contribution in [0.2, 0.25) is 0 Å². The molecule has 4 rings (SSSR count). The van der Waals surface area contributed by atoms with Crippen LogP contribution in [-0.2, 0) is 14.3 Å². The first-order valence-electron chi connectivity index (χ1n) is 5.51. The van der Waals surface area contributed by atoms with Gasteiger partial charge in [-0.2, -0.15) is 0 Å². The smallest absolute Gasteiger partial charge is 0.182 e. The van der Waals surface area contributed by atoms with Crippen molar-refractivity contribution in [1.29, 1.82) is 0 Å². The number of fused-ring (bicyclic) bond motifs is 3. The second-order valence-corrected chi connectivity index (χ2v) is 4.72. The van der Waals surface area contributed by atoms with Gasteiger partial charge in [0.15, 0.2) is 11.6 Å². The third kappa shape index (κ3) is 0.755. The summed E-state index contributed by atoms with van der Waals surface area (Å²) in [6.07, 6.45) is 8.04. The summed E-state index contributed by atoms with van der Waals surface area (Å²) in [5, 5.41) is 0. The molecular formula is C12H12O3. The standard InChI is InChI=1S/C12H12O3/c13-10-4-1-7-8-2-3-9(11(7)10)12(8)14-5-6-15-12/h1-4,7-9,11H,5-6H2/t7-,8+,9+,11-/m0/s1. The largest absolute Gasteiger partial charge is 0.346 e. The normalized spacial score (nSPS) is 48.4. The summed E-state index contributed by atoms with van der Waals surface area (Å²) >= 11 is 0. The molecule has 4 aliphatic rings. The first-order chi connectivity index (χ1) is 7.33. The fourth-order valence-electron chi connectivity index (χ4n) is 3.71. The Bertz CT molecular complexity index is 390. The van der Waals surface area contributed by atoms with E-state index in [0.717, 1.165) is 0 Å². The van der Waals surface area contributed by atoms with Crippen LogP contribution < -0.4 is 0 Å². The molecule has 0 aromatic carbocycles. The maximum Gasteiger partial charge on any atom is 0.182 e. The highest BCUT2D eigenvalue weighted by Crippen LogP contribution is 2.60. The SMILES string of the molecule is O=C1C=C[C@@H]2[C@H]1[C@H]1C=C[C@H]2C12OCCO2. The first-order valence-corrected chi connectivity index (χ1v) is 5.51. The van der Waals surface area contributed by atoms with E-state index in [4.69, 9.17) is 9.47 Å². The van der Waals surface area contributed by atoms with Crippen LogP contribution in [0.3, 0.4) is 0 Å².